The number of hydrogen-bond donors (Lipinski definition) is 1. The van der Waals surface area contributed by atoms with Crippen LogP contribution in [0.1, 0.15) is 17.2 Å². The molecule has 1 unspecified atom stereocenters. The molecule has 1 saturated heterocycles. The van der Waals surface area contributed by atoms with Crippen molar-refractivity contribution in [3.05, 3.63) is 29.3 Å². The highest BCUT2D eigenvalue weighted by Crippen LogP contribution is 2.33. The molecule has 2 heterocycles. The molecule has 2 aliphatic heterocycles. The van der Waals surface area contributed by atoms with Crippen molar-refractivity contribution in [2.45, 2.75) is 12.5 Å². The highest BCUT2D eigenvalue weighted by atomic mass is 16.5. The molecule has 2 amide bonds. The lowest BCUT2D eigenvalue weighted by molar-refractivity contribution is 0.182. The van der Waals surface area contributed by atoms with E-state index < -0.39 is 0 Å². The van der Waals surface area contributed by atoms with Gasteiger partial charge in [-0.2, -0.15) is 0 Å². The Morgan fingerprint density at radius 3 is 3.11 bits per heavy atom. The standard InChI is InChI=1S/C14H18N2O3/c1-15-12(9-16(5-6-17)14(15)18)10-2-3-13-11(8-10)4-7-19-13/h2-3,8,12,17H,4-7,9H2,1H3. The fourth-order valence-corrected chi connectivity index (χ4v) is 2.82. The number of hydrogen-bond acceptors (Lipinski definition) is 3. The first-order valence-corrected chi connectivity index (χ1v) is 6.59. The summed E-state index contributed by atoms with van der Waals surface area (Å²) in [4.78, 5) is 15.5. The van der Waals surface area contributed by atoms with Gasteiger partial charge in [-0.15, -0.1) is 0 Å². The minimum atomic E-state index is -0.0178. The maximum atomic E-state index is 12.0. The number of aliphatic hydroxyl groups is 1. The van der Waals surface area contributed by atoms with Gasteiger partial charge in [-0.25, -0.2) is 4.79 Å². The molecular formula is C14H18N2O3. The van der Waals surface area contributed by atoms with Gasteiger partial charge in [0.25, 0.3) is 0 Å². The number of benzene rings is 1. The van der Waals surface area contributed by atoms with E-state index >= 15 is 0 Å². The van der Waals surface area contributed by atoms with Crippen LogP contribution in [0.2, 0.25) is 0 Å². The summed E-state index contributed by atoms with van der Waals surface area (Å²) in [5.74, 6) is 0.961. The number of likely N-dealkylation sites (N-methyl/N-ethyl adjacent to an activating group) is 1. The second kappa shape index (κ2) is 4.74. The molecule has 5 heteroatoms. The highest BCUT2D eigenvalue weighted by Gasteiger charge is 2.35. The van der Waals surface area contributed by atoms with E-state index in [4.69, 9.17) is 9.84 Å². The third kappa shape index (κ3) is 2.04. The molecule has 0 bridgehead atoms. The minimum absolute atomic E-state index is 0.00429. The topological polar surface area (TPSA) is 53.0 Å². The van der Waals surface area contributed by atoms with E-state index in [9.17, 15) is 4.79 Å². The Balaban J connectivity index is 1.84. The zero-order valence-corrected chi connectivity index (χ0v) is 11.0. The molecular weight excluding hydrogens is 244 g/mol. The molecule has 102 valence electrons. The molecule has 0 saturated carbocycles. The number of amides is 2. The maximum absolute atomic E-state index is 12.0. The van der Waals surface area contributed by atoms with Gasteiger partial charge in [-0.05, 0) is 23.3 Å². The van der Waals surface area contributed by atoms with Crippen molar-refractivity contribution in [1.29, 1.82) is 0 Å². The first-order chi connectivity index (χ1) is 9.20. The van der Waals surface area contributed by atoms with E-state index in [0.29, 0.717) is 13.1 Å². The zero-order chi connectivity index (χ0) is 13.4. The van der Waals surface area contributed by atoms with Crippen LogP contribution in [0.25, 0.3) is 0 Å². The quantitative estimate of drug-likeness (QED) is 0.885. The monoisotopic (exact) mass is 262 g/mol. The number of urea groups is 1. The van der Waals surface area contributed by atoms with Crippen molar-refractivity contribution >= 4 is 6.03 Å². The number of carbonyl (C=O) groups is 1. The lowest BCUT2D eigenvalue weighted by Gasteiger charge is -2.18. The number of ether oxygens (including phenoxy) is 1. The van der Waals surface area contributed by atoms with Crippen molar-refractivity contribution in [3.8, 4) is 5.75 Å². The smallest absolute Gasteiger partial charge is 0.320 e. The summed E-state index contributed by atoms with van der Waals surface area (Å²) in [7, 11) is 1.81. The van der Waals surface area contributed by atoms with Crippen molar-refractivity contribution in [2.24, 2.45) is 0 Å². The van der Waals surface area contributed by atoms with Gasteiger partial charge in [0.2, 0.25) is 0 Å². The van der Waals surface area contributed by atoms with Crippen LogP contribution in [-0.4, -0.2) is 54.3 Å². The predicted octanol–water partition coefficient (Wildman–Crippen LogP) is 1.02. The number of carbonyl (C=O) groups excluding carboxylic acids is 1. The predicted molar refractivity (Wildman–Crippen MR) is 70.2 cm³/mol. The fourth-order valence-electron chi connectivity index (χ4n) is 2.82. The average Bonchev–Trinajstić information content (AvgIpc) is 2.98. The summed E-state index contributed by atoms with van der Waals surface area (Å²) in [5, 5.41) is 8.99. The van der Waals surface area contributed by atoms with Gasteiger partial charge in [-0.1, -0.05) is 6.07 Å². The Bertz CT molecular complexity index is 503. The molecule has 0 aliphatic carbocycles. The van der Waals surface area contributed by atoms with Gasteiger partial charge in [0.15, 0.2) is 0 Å². The molecule has 1 atom stereocenters. The Morgan fingerprint density at radius 1 is 1.47 bits per heavy atom. The molecule has 1 aromatic rings. The molecule has 1 aromatic carbocycles. The lowest BCUT2D eigenvalue weighted by atomic mass is 10.0. The normalized spacial score (nSPS) is 21.8. The van der Waals surface area contributed by atoms with Gasteiger partial charge >= 0.3 is 6.03 Å². The van der Waals surface area contributed by atoms with Crippen LogP contribution in [-0.2, 0) is 6.42 Å². The maximum Gasteiger partial charge on any atom is 0.320 e. The molecule has 0 aromatic heterocycles. The van der Waals surface area contributed by atoms with E-state index in [-0.39, 0.29) is 18.7 Å². The van der Waals surface area contributed by atoms with Gasteiger partial charge in [-0.3, -0.25) is 0 Å². The number of aliphatic hydroxyl groups excluding tert-OH is 1. The van der Waals surface area contributed by atoms with Crippen LogP contribution in [0.4, 0.5) is 4.79 Å². The number of rotatable bonds is 3. The Kier molecular flexibility index (Phi) is 3.06. The van der Waals surface area contributed by atoms with Crippen LogP contribution in [0, 0.1) is 0 Å². The molecule has 1 N–H and O–H groups in total. The van der Waals surface area contributed by atoms with Crippen LogP contribution in [0.15, 0.2) is 18.2 Å². The summed E-state index contributed by atoms with van der Waals surface area (Å²) >= 11 is 0. The third-order valence-electron chi connectivity index (χ3n) is 3.90. The van der Waals surface area contributed by atoms with Crippen LogP contribution in [0.5, 0.6) is 5.75 Å². The van der Waals surface area contributed by atoms with E-state index in [1.807, 2.05) is 19.2 Å². The first kappa shape index (κ1) is 12.3. The summed E-state index contributed by atoms with van der Waals surface area (Å²) in [5.41, 5.74) is 2.36. The van der Waals surface area contributed by atoms with E-state index in [1.165, 1.54) is 5.56 Å². The molecule has 1 fully saturated rings. The first-order valence-electron chi connectivity index (χ1n) is 6.59. The lowest BCUT2D eigenvalue weighted by Crippen LogP contribution is -2.31. The number of nitrogens with zero attached hydrogens (tertiary/aromatic N) is 2. The van der Waals surface area contributed by atoms with Crippen LogP contribution < -0.4 is 4.74 Å². The van der Waals surface area contributed by atoms with E-state index in [2.05, 4.69) is 6.07 Å². The molecule has 3 rings (SSSR count). The largest absolute Gasteiger partial charge is 0.493 e. The summed E-state index contributed by atoms with van der Waals surface area (Å²) in [6, 6.07) is 6.20. The second-order valence-electron chi connectivity index (χ2n) is 5.04. The van der Waals surface area contributed by atoms with Crippen LogP contribution in [0.3, 0.4) is 0 Å². The summed E-state index contributed by atoms with van der Waals surface area (Å²) in [6.07, 6.45) is 0.938. The van der Waals surface area contributed by atoms with Gasteiger partial charge < -0.3 is 19.6 Å². The molecule has 0 radical (unpaired) electrons. The Hall–Kier alpha value is -1.75. The summed E-state index contributed by atoms with van der Waals surface area (Å²) < 4.78 is 5.50. The van der Waals surface area contributed by atoms with E-state index in [0.717, 1.165) is 24.3 Å². The van der Waals surface area contributed by atoms with Crippen molar-refractivity contribution in [1.82, 2.24) is 9.80 Å². The van der Waals surface area contributed by atoms with Crippen molar-refractivity contribution in [3.63, 3.8) is 0 Å². The van der Waals surface area contributed by atoms with Crippen molar-refractivity contribution < 1.29 is 14.6 Å². The van der Waals surface area contributed by atoms with Gasteiger partial charge in [0.1, 0.15) is 5.75 Å². The molecule has 2 aliphatic rings. The van der Waals surface area contributed by atoms with Crippen molar-refractivity contribution in [2.75, 3.05) is 33.4 Å². The zero-order valence-electron chi connectivity index (χ0n) is 11.0. The molecule has 0 spiro atoms. The van der Waals surface area contributed by atoms with Gasteiger partial charge in [0, 0.05) is 26.6 Å². The fraction of sp³-hybridized carbons (Fsp3) is 0.500. The van der Waals surface area contributed by atoms with Crippen LogP contribution >= 0.6 is 0 Å². The number of β-amino-alcohol motifs (C(OH)–C–C–N with tert-alkyl or cyclic N) is 1. The summed E-state index contributed by atoms with van der Waals surface area (Å²) in [6.45, 7) is 1.78. The van der Waals surface area contributed by atoms with E-state index in [1.54, 1.807) is 9.80 Å². The second-order valence-corrected chi connectivity index (χ2v) is 5.04. The molecule has 5 nitrogen and oxygen atoms in total. The Labute approximate surface area is 112 Å². The SMILES string of the molecule is CN1C(=O)N(CCO)CC1c1ccc2c(c1)CCO2. The third-order valence-corrected chi connectivity index (χ3v) is 3.90. The molecule has 19 heavy (non-hydrogen) atoms. The highest BCUT2D eigenvalue weighted by molar-refractivity contribution is 5.77. The Morgan fingerprint density at radius 2 is 2.32 bits per heavy atom. The average molecular weight is 262 g/mol. The van der Waals surface area contributed by atoms with Gasteiger partial charge in [0.05, 0.1) is 19.3 Å². The minimum Gasteiger partial charge on any atom is -0.493 e. The number of fused-ring (bicyclic) bond motifs is 1.